The summed E-state index contributed by atoms with van der Waals surface area (Å²) >= 11 is 0. The number of carbonyl (C=O) groups is 3. The Kier molecular flexibility index (Phi) is 5.46. The first-order chi connectivity index (χ1) is 9.36. The van der Waals surface area contributed by atoms with Crippen LogP contribution in [0.25, 0.3) is 0 Å². The Bertz CT molecular complexity index is 445. The highest BCUT2D eigenvalue weighted by Crippen LogP contribution is 2.18. The number of hydrogen-bond donors (Lipinski definition) is 3. The van der Waals surface area contributed by atoms with Gasteiger partial charge < -0.3 is 21.1 Å². The quantitative estimate of drug-likeness (QED) is 0.548. The van der Waals surface area contributed by atoms with E-state index in [1.165, 1.54) is 11.8 Å². The summed E-state index contributed by atoms with van der Waals surface area (Å²) < 4.78 is 0. The first-order valence-corrected chi connectivity index (χ1v) is 6.28. The molecule has 20 heavy (non-hydrogen) atoms. The molecule has 0 radical (unpaired) electrons. The van der Waals surface area contributed by atoms with Gasteiger partial charge in [-0.2, -0.15) is 5.26 Å². The molecule has 110 valence electrons. The second kappa shape index (κ2) is 6.86. The third-order valence-electron chi connectivity index (χ3n) is 3.19. The average Bonchev–Trinajstić information content (AvgIpc) is 2.76. The lowest BCUT2D eigenvalue weighted by atomic mass is 10.1. The maximum Gasteiger partial charge on any atom is 0.243 e. The van der Waals surface area contributed by atoms with Crippen molar-refractivity contribution in [3.63, 3.8) is 0 Å². The van der Waals surface area contributed by atoms with Crippen molar-refractivity contribution < 1.29 is 19.5 Å². The summed E-state index contributed by atoms with van der Waals surface area (Å²) in [4.78, 5) is 35.9. The lowest BCUT2D eigenvalue weighted by Gasteiger charge is -2.24. The fraction of sp³-hybridized carbons (Fsp3) is 0.667. The Morgan fingerprint density at radius 2 is 2.20 bits per heavy atom. The summed E-state index contributed by atoms with van der Waals surface area (Å²) in [6, 6.07) is 0.103. The van der Waals surface area contributed by atoms with Crippen molar-refractivity contribution in [2.45, 2.75) is 44.4 Å². The second-order valence-electron chi connectivity index (χ2n) is 4.74. The Labute approximate surface area is 116 Å². The smallest absolute Gasteiger partial charge is 0.243 e. The SMILES string of the molecule is CC(=O)N1C[C@H](O)C[C@H]1C(=O)N[C@@H](CCC#N)C(N)=O. The zero-order chi connectivity index (χ0) is 15.3. The van der Waals surface area contributed by atoms with Crippen molar-refractivity contribution in [1.82, 2.24) is 10.2 Å². The first-order valence-electron chi connectivity index (χ1n) is 6.28. The van der Waals surface area contributed by atoms with Gasteiger partial charge in [0.2, 0.25) is 17.7 Å². The van der Waals surface area contributed by atoms with Crippen molar-refractivity contribution in [1.29, 1.82) is 5.26 Å². The van der Waals surface area contributed by atoms with E-state index in [1.54, 1.807) is 0 Å². The Hall–Kier alpha value is -2.14. The molecule has 0 bridgehead atoms. The molecule has 0 saturated carbocycles. The molecule has 1 fully saturated rings. The summed E-state index contributed by atoms with van der Waals surface area (Å²) in [6.45, 7) is 1.40. The van der Waals surface area contributed by atoms with Crippen LogP contribution in [0.5, 0.6) is 0 Å². The van der Waals surface area contributed by atoms with Crippen molar-refractivity contribution >= 4 is 17.7 Å². The lowest BCUT2D eigenvalue weighted by molar-refractivity contribution is -0.138. The van der Waals surface area contributed by atoms with Gasteiger partial charge in [-0.05, 0) is 6.42 Å². The van der Waals surface area contributed by atoms with Gasteiger partial charge in [0, 0.05) is 26.3 Å². The molecule has 1 rings (SSSR count). The molecule has 8 heteroatoms. The van der Waals surface area contributed by atoms with Crippen LogP contribution in [0.2, 0.25) is 0 Å². The number of nitrogens with zero attached hydrogens (tertiary/aromatic N) is 2. The average molecular weight is 282 g/mol. The molecule has 0 aliphatic carbocycles. The minimum absolute atomic E-state index is 0.0810. The third-order valence-corrected chi connectivity index (χ3v) is 3.19. The van der Waals surface area contributed by atoms with Crippen LogP contribution in [0.1, 0.15) is 26.2 Å². The number of nitrogens with two attached hydrogens (primary N) is 1. The summed E-state index contributed by atoms with van der Waals surface area (Å²) in [5.74, 6) is -1.60. The highest BCUT2D eigenvalue weighted by atomic mass is 16.3. The number of hydrogen-bond acceptors (Lipinski definition) is 5. The fourth-order valence-corrected chi connectivity index (χ4v) is 2.17. The van der Waals surface area contributed by atoms with Gasteiger partial charge in [0.1, 0.15) is 12.1 Å². The van der Waals surface area contributed by atoms with Crippen LogP contribution in [0.3, 0.4) is 0 Å². The molecular weight excluding hydrogens is 264 g/mol. The summed E-state index contributed by atoms with van der Waals surface area (Å²) in [6.07, 6.45) is -0.444. The van der Waals surface area contributed by atoms with Crippen molar-refractivity contribution in [3.8, 4) is 6.07 Å². The molecule has 1 aliphatic heterocycles. The normalized spacial score (nSPS) is 22.9. The molecule has 4 N–H and O–H groups in total. The number of primary amides is 1. The number of nitrogens with one attached hydrogen (secondary N) is 1. The number of aliphatic hydroxyl groups is 1. The second-order valence-corrected chi connectivity index (χ2v) is 4.74. The number of carbonyl (C=O) groups excluding carboxylic acids is 3. The predicted molar refractivity (Wildman–Crippen MR) is 67.8 cm³/mol. The van der Waals surface area contributed by atoms with Gasteiger partial charge >= 0.3 is 0 Å². The topological polar surface area (TPSA) is 137 Å². The van der Waals surface area contributed by atoms with Gasteiger partial charge in [0.15, 0.2) is 0 Å². The molecule has 1 saturated heterocycles. The van der Waals surface area contributed by atoms with E-state index < -0.39 is 30.0 Å². The molecule has 3 atom stereocenters. The van der Waals surface area contributed by atoms with Gasteiger partial charge in [0.25, 0.3) is 0 Å². The number of β-amino-alcohol motifs (C(OH)–C–C–N with tert-alkyl or cyclic N) is 1. The summed E-state index contributed by atoms with van der Waals surface area (Å²) in [5.41, 5.74) is 5.15. The molecule has 1 heterocycles. The largest absolute Gasteiger partial charge is 0.391 e. The van der Waals surface area contributed by atoms with E-state index in [0.717, 1.165) is 0 Å². The highest BCUT2D eigenvalue weighted by molar-refractivity contribution is 5.91. The first kappa shape index (κ1) is 15.9. The van der Waals surface area contributed by atoms with Crippen molar-refractivity contribution in [3.05, 3.63) is 0 Å². The van der Waals surface area contributed by atoms with Crippen LogP contribution in [0, 0.1) is 11.3 Å². The molecule has 0 aromatic carbocycles. The highest BCUT2D eigenvalue weighted by Gasteiger charge is 2.38. The molecule has 8 nitrogen and oxygen atoms in total. The predicted octanol–water partition coefficient (Wildman–Crippen LogP) is -1.76. The third kappa shape index (κ3) is 3.93. The zero-order valence-electron chi connectivity index (χ0n) is 11.2. The fourth-order valence-electron chi connectivity index (χ4n) is 2.17. The molecule has 0 unspecified atom stereocenters. The molecule has 0 aromatic heterocycles. The van der Waals surface area contributed by atoms with E-state index in [1.807, 2.05) is 6.07 Å². The van der Waals surface area contributed by atoms with Crippen LogP contribution < -0.4 is 11.1 Å². The van der Waals surface area contributed by atoms with Crippen LogP contribution in [0.15, 0.2) is 0 Å². The van der Waals surface area contributed by atoms with Gasteiger partial charge in [-0.1, -0.05) is 0 Å². The maximum absolute atomic E-state index is 12.1. The van der Waals surface area contributed by atoms with Crippen LogP contribution in [-0.4, -0.2) is 52.5 Å². The van der Waals surface area contributed by atoms with Crippen LogP contribution in [-0.2, 0) is 14.4 Å². The number of aliphatic hydroxyl groups excluding tert-OH is 1. The van der Waals surface area contributed by atoms with E-state index in [2.05, 4.69) is 5.32 Å². The standard InChI is InChI=1S/C12H18N4O4/c1-7(17)16-6-8(18)5-10(16)12(20)15-9(11(14)19)3-2-4-13/h8-10,18H,2-3,5-6H2,1H3,(H2,14,19)(H,15,20)/t8-,9+,10+/m1/s1. The molecule has 1 aliphatic rings. The van der Waals surface area contributed by atoms with Gasteiger partial charge in [-0.15, -0.1) is 0 Å². The van der Waals surface area contributed by atoms with Crippen LogP contribution >= 0.6 is 0 Å². The maximum atomic E-state index is 12.1. The molecule has 3 amide bonds. The van der Waals surface area contributed by atoms with E-state index in [-0.39, 0.29) is 31.7 Å². The molecule has 0 aromatic rings. The van der Waals surface area contributed by atoms with Crippen molar-refractivity contribution in [2.75, 3.05) is 6.54 Å². The minimum atomic E-state index is -0.950. The van der Waals surface area contributed by atoms with E-state index in [9.17, 15) is 19.5 Å². The summed E-state index contributed by atoms with van der Waals surface area (Å²) in [5, 5.41) is 20.5. The van der Waals surface area contributed by atoms with Crippen LogP contribution in [0.4, 0.5) is 0 Å². The number of nitriles is 1. The number of likely N-dealkylation sites (tertiary alicyclic amines) is 1. The molecular formula is C12H18N4O4. The van der Waals surface area contributed by atoms with Gasteiger partial charge in [0.05, 0.1) is 12.2 Å². The Morgan fingerprint density at radius 1 is 1.55 bits per heavy atom. The van der Waals surface area contributed by atoms with E-state index in [4.69, 9.17) is 11.0 Å². The van der Waals surface area contributed by atoms with Gasteiger partial charge in [-0.25, -0.2) is 0 Å². The minimum Gasteiger partial charge on any atom is -0.391 e. The lowest BCUT2D eigenvalue weighted by Crippen LogP contribution is -2.51. The van der Waals surface area contributed by atoms with Crippen molar-refractivity contribution in [2.24, 2.45) is 5.73 Å². The Morgan fingerprint density at radius 3 is 2.70 bits per heavy atom. The number of rotatable bonds is 5. The van der Waals surface area contributed by atoms with Gasteiger partial charge in [-0.3, -0.25) is 14.4 Å². The number of amides is 3. The Balaban J connectivity index is 2.70. The zero-order valence-corrected chi connectivity index (χ0v) is 11.2. The monoisotopic (exact) mass is 282 g/mol. The van der Waals surface area contributed by atoms with E-state index >= 15 is 0 Å². The summed E-state index contributed by atoms with van der Waals surface area (Å²) in [7, 11) is 0. The molecule has 0 spiro atoms. The van der Waals surface area contributed by atoms with E-state index in [0.29, 0.717) is 0 Å².